The second-order valence-corrected chi connectivity index (χ2v) is 4.94. The van der Waals surface area contributed by atoms with E-state index >= 15 is 0 Å². The number of carboxylic acids is 1. The smallest absolute Gasteiger partial charge is 0.371 e. The van der Waals surface area contributed by atoms with Gasteiger partial charge in [0.25, 0.3) is 0 Å². The van der Waals surface area contributed by atoms with Gasteiger partial charge in [-0.1, -0.05) is 23.5 Å². The van der Waals surface area contributed by atoms with Crippen LogP contribution in [0.2, 0.25) is 0 Å². The van der Waals surface area contributed by atoms with Crippen molar-refractivity contribution in [1.82, 2.24) is 4.98 Å². The number of carbonyl (C=O) groups is 1. The maximum atomic E-state index is 10.7. The van der Waals surface area contributed by atoms with E-state index in [1.807, 2.05) is 24.3 Å². The van der Waals surface area contributed by atoms with Crippen molar-refractivity contribution in [2.24, 2.45) is 0 Å². The zero-order valence-electron chi connectivity index (χ0n) is 9.79. The van der Waals surface area contributed by atoms with E-state index in [1.165, 1.54) is 6.07 Å². The van der Waals surface area contributed by atoms with Crippen LogP contribution in [0.1, 0.15) is 16.3 Å². The molecule has 0 atom stereocenters. The van der Waals surface area contributed by atoms with Crippen molar-refractivity contribution in [2.75, 3.05) is 5.32 Å². The van der Waals surface area contributed by atoms with Crippen LogP contribution in [0, 0.1) is 0 Å². The van der Waals surface area contributed by atoms with Gasteiger partial charge in [0.1, 0.15) is 5.76 Å². The van der Waals surface area contributed by atoms with Crippen LogP contribution >= 0.6 is 11.3 Å². The number of carboxylic acid groups (broad SMARTS) is 1. The number of aromatic nitrogens is 1. The molecule has 0 fully saturated rings. The number of hydrogen-bond donors (Lipinski definition) is 2. The van der Waals surface area contributed by atoms with E-state index in [0.29, 0.717) is 12.3 Å². The third-order valence-electron chi connectivity index (χ3n) is 2.58. The topological polar surface area (TPSA) is 75.4 Å². The van der Waals surface area contributed by atoms with Crippen LogP contribution in [0.4, 0.5) is 5.13 Å². The highest BCUT2D eigenvalue weighted by Gasteiger charge is 2.09. The number of rotatable bonds is 4. The highest BCUT2D eigenvalue weighted by molar-refractivity contribution is 7.22. The summed E-state index contributed by atoms with van der Waals surface area (Å²) in [4.78, 5) is 15.1. The third-order valence-corrected chi connectivity index (χ3v) is 3.57. The van der Waals surface area contributed by atoms with Crippen LogP contribution in [0.25, 0.3) is 10.2 Å². The van der Waals surface area contributed by atoms with E-state index in [1.54, 1.807) is 17.4 Å². The Morgan fingerprint density at radius 1 is 1.32 bits per heavy atom. The van der Waals surface area contributed by atoms with Crippen LogP contribution < -0.4 is 5.32 Å². The van der Waals surface area contributed by atoms with Gasteiger partial charge in [0.05, 0.1) is 16.8 Å². The summed E-state index contributed by atoms with van der Waals surface area (Å²) < 4.78 is 6.26. The Hall–Kier alpha value is -2.34. The zero-order valence-corrected chi connectivity index (χ0v) is 10.6. The Labute approximate surface area is 112 Å². The van der Waals surface area contributed by atoms with Gasteiger partial charge in [-0.05, 0) is 24.3 Å². The van der Waals surface area contributed by atoms with E-state index < -0.39 is 5.97 Å². The fraction of sp³-hybridized carbons (Fsp3) is 0.0769. The number of nitrogens with zero attached hydrogens (tertiary/aromatic N) is 1. The molecule has 19 heavy (non-hydrogen) atoms. The van der Waals surface area contributed by atoms with E-state index in [0.717, 1.165) is 15.3 Å². The first-order valence-electron chi connectivity index (χ1n) is 5.64. The van der Waals surface area contributed by atoms with Crippen molar-refractivity contribution in [3.8, 4) is 0 Å². The van der Waals surface area contributed by atoms with Gasteiger partial charge in [-0.25, -0.2) is 9.78 Å². The largest absolute Gasteiger partial charge is 0.475 e. The Morgan fingerprint density at radius 3 is 2.89 bits per heavy atom. The van der Waals surface area contributed by atoms with Crippen LogP contribution in [0.5, 0.6) is 0 Å². The van der Waals surface area contributed by atoms with Gasteiger partial charge in [0.15, 0.2) is 5.13 Å². The SMILES string of the molecule is O=C(O)c1ccc(CNc2nc3ccccc3s2)o1. The monoisotopic (exact) mass is 274 g/mol. The van der Waals surface area contributed by atoms with Gasteiger partial charge in [-0.3, -0.25) is 0 Å². The van der Waals surface area contributed by atoms with E-state index in [9.17, 15) is 4.79 Å². The number of aromatic carboxylic acids is 1. The molecule has 1 aromatic carbocycles. The summed E-state index contributed by atoms with van der Waals surface area (Å²) in [7, 11) is 0. The Bertz CT molecular complexity index is 699. The van der Waals surface area contributed by atoms with Crippen LogP contribution in [-0.2, 0) is 6.54 Å². The van der Waals surface area contributed by atoms with Crippen LogP contribution in [0.15, 0.2) is 40.8 Å². The molecule has 3 aromatic rings. The molecule has 0 unspecified atom stereocenters. The Morgan fingerprint density at radius 2 is 2.16 bits per heavy atom. The number of hydrogen-bond acceptors (Lipinski definition) is 5. The van der Waals surface area contributed by atoms with Gasteiger partial charge in [-0.2, -0.15) is 0 Å². The van der Waals surface area contributed by atoms with Gasteiger partial charge in [-0.15, -0.1) is 0 Å². The number of thiazole rings is 1. The molecule has 0 aliphatic heterocycles. The number of furan rings is 1. The van der Waals surface area contributed by atoms with Crippen molar-refractivity contribution >= 4 is 32.7 Å². The minimum atomic E-state index is -1.06. The first-order valence-corrected chi connectivity index (χ1v) is 6.45. The Balaban J connectivity index is 1.72. The molecule has 2 heterocycles. The molecule has 2 aromatic heterocycles. The molecule has 2 N–H and O–H groups in total. The fourth-order valence-corrected chi connectivity index (χ4v) is 2.56. The van der Waals surface area contributed by atoms with Gasteiger partial charge in [0.2, 0.25) is 5.76 Å². The Kier molecular flexibility index (Phi) is 2.92. The lowest BCUT2D eigenvalue weighted by molar-refractivity contribution is 0.0660. The van der Waals surface area contributed by atoms with Crippen LogP contribution in [0.3, 0.4) is 0 Å². The normalized spacial score (nSPS) is 10.7. The van der Waals surface area contributed by atoms with Crippen molar-refractivity contribution in [3.63, 3.8) is 0 Å². The van der Waals surface area contributed by atoms with Gasteiger partial charge < -0.3 is 14.8 Å². The molecule has 5 nitrogen and oxygen atoms in total. The second kappa shape index (κ2) is 4.74. The number of anilines is 1. The molecule has 0 saturated heterocycles. The molecule has 0 spiro atoms. The van der Waals surface area contributed by atoms with Crippen molar-refractivity contribution < 1.29 is 14.3 Å². The summed E-state index contributed by atoms with van der Waals surface area (Å²) in [5, 5.41) is 12.7. The summed E-state index contributed by atoms with van der Waals surface area (Å²) in [6.07, 6.45) is 0. The van der Waals surface area contributed by atoms with E-state index in [2.05, 4.69) is 10.3 Å². The standard InChI is InChI=1S/C13H10N2O3S/c16-12(17)10-6-5-8(18-10)7-14-13-15-9-3-1-2-4-11(9)19-13/h1-6H,7H2,(H,14,15)(H,16,17). The average molecular weight is 274 g/mol. The number of para-hydroxylation sites is 1. The molecule has 0 amide bonds. The minimum Gasteiger partial charge on any atom is -0.475 e. The molecule has 0 radical (unpaired) electrons. The van der Waals surface area contributed by atoms with Crippen molar-refractivity contribution in [1.29, 1.82) is 0 Å². The van der Waals surface area contributed by atoms with Crippen LogP contribution in [-0.4, -0.2) is 16.1 Å². The molecule has 96 valence electrons. The maximum Gasteiger partial charge on any atom is 0.371 e. The summed E-state index contributed by atoms with van der Waals surface area (Å²) in [6, 6.07) is 11.0. The predicted molar refractivity (Wildman–Crippen MR) is 72.6 cm³/mol. The molecular weight excluding hydrogens is 264 g/mol. The quantitative estimate of drug-likeness (QED) is 0.764. The number of fused-ring (bicyclic) bond motifs is 1. The highest BCUT2D eigenvalue weighted by atomic mass is 32.1. The zero-order chi connectivity index (χ0) is 13.2. The lowest BCUT2D eigenvalue weighted by atomic mass is 10.3. The minimum absolute atomic E-state index is 0.0545. The highest BCUT2D eigenvalue weighted by Crippen LogP contribution is 2.25. The summed E-state index contributed by atoms with van der Waals surface area (Å²) in [6.45, 7) is 0.410. The molecule has 0 aliphatic carbocycles. The number of nitrogens with one attached hydrogen (secondary N) is 1. The summed E-state index contributed by atoms with van der Waals surface area (Å²) in [5.41, 5.74) is 0.945. The van der Waals surface area contributed by atoms with Gasteiger partial charge in [0, 0.05) is 0 Å². The van der Waals surface area contributed by atoms with Crippen molar-refractivity contribution in [3.05, 3.63) is 47.9 Å². The first kappa shape index (κ1) is 11.7. The van der Waals surface area contributed by atoms with Crippen molar-refractivity contribution in [2.45, 2.75) is 6.54 Å². The average Bonchev–Trinajstić information content (AvgIpc) is 3.02. The third kappa shape index (κ3) is 2.43. The first-order chi connectivity index (χ1) is 9.22. The molecule has 0 bridgehead atoms. The lowest BCUT2D eigenvalue weighted by Crippen LogP contribution is -1.97. The number of benzene rings is 1. The lowest BCUT2D eigenvalue weighted by Gasteiger charge is -1.98. The second-order valence-electron chi connectivity index (χ2n) is 3.91. The fourth-order valence-electron chi connectivity index (χ4n) is 1.70. The summed E-state index contributed by atoms with van der Waals surface area (Å²) >= 11 is 1.55. The van der Waals surface area contributed by atoms with Gasteiger partial charge >= 0.3 is 5.97 Å². The molecule has 0 saturated carbocycles. The predicted octanol–water partition coefficient (Wildman–Crippen LogP) is 3.20. The summed E-state index contributed by atoms with van der Waals surface area (Å²) in [5.74, 6) is -0.552. The molecule has 6 heteroatoms. The molecule has 0 aliphatic rings. The molecular formula is C13H10N2O3S. The maximum absolute atomic E-state index is 10.7. The molecule has 3 rings (SSSR count). The van der Waals surface area contributed by atoms with E-state index in [4.69, 9.17) is 9.52 Å². The van der Waals surface area contributed by atoms with E-state index in [-0.39, 0.29) is 5.76 Å².